The number of nitrogens with one attached hydrogen (secondary N) is 2. The van der Waals surface area contributed by atoms with E-state index in [1.807, 2.05) is 42.3 Å². The van der Waals surface area contributed by atoms with Crippen LogP contribution in [0.4, 0.5) is 0 Å². The molecule has 4 rings (SSSR count). The molecule has 0 spiro atoms. The lowest BCUT2D eigenvalue weighted by atomic mass is 10.1. The number of nitrogens with zero attached hydrogens (tertiary/aromatic N) is 3. The number of rotatable bonds is 7. The average Bonchev–Trinajstić information content (AvgIpc) is 3.23. The van der Waals surface area contributed by atoms with E-state index in [-0.39, 0.29) is 5.91 Å². The number of hydrogen-bond acceptors (Lipinski definition) is 4. The average molecular weight is 422 g/mol. The Morgan fingerprint density at radius 3 is 2.65 bits per heavy atom. The summed E-state index contributed by atoms with van der Waals surface area (Å²) in [5, 5.41) is 4.06. The number of quaternary nitrogens is 2. The summed E-state index contributed by atoms with van der Waals surface area (Å²) in [7, 11) is 1.99. The molecule has 2 heterocycles. The van der Waals surface area contributed by atoms with Crippen molar-refractivity contribution in [2.24, 2.45) is 0 Å². The summed E-state index contributed by atoms with van der Waals surface area (Å²) >= 11 is 0. The van der Waals surface area contributed by atoms with Crippen LogP contribution in [-0.2, 0) is 17.9 Å². The molecule has 3 aromatic rings. The topological polar surface area (TPSA) is 68.1 Å². The highest BCUT2D eigenvalue weighted by Crippen LogP contribution is 2.14. The quantitative estimate of drug-likeness (QED) is 0.563. The SMILES string of the molecule is Cc1cccc(C[NH+]2CCN(C(=O)C[NH+](C)Cc3nc(-c4ccccc4)no3)CC2)c1. The third kappa shape index (κ3) is 5.77. The molecule has 0 aliphatic carbocycles. The first kappa shape index (κ1) is 21.2. The number of amides is 1. The fourth-order valence-corrected chi connectivity index (χ4v) is 4.08. The van der Waals surface area contributed by atoms with E-state index in [1.165, 1.54) is 16.0 Å². The van der Waals surface area contributed by atoms with E-state index in [4.69, 9.17) is 4.52 Å². The van der Waals surface area contributed by atoms with Crippen LogP contribution in [0.1, 0.15) is 17.0 Å². The predicted octanol–water partition coefficient (Wildman–Crippen LogP) is -0.0130. The van der Waals surface area contributed by atoms with Crippen molar-refractivity contribution in [3.8, 4) is 11.4 Å². The van der Waals surface area contributed by atoms with Crippen LogP contribution in [0, 0.1) is 6.92 Å². The molecule has 0 bridgehead atoms. The van der Waals surface area contributed by atoms with E-state index in [1.54, 1.807) is 0 Å². The van der Waals surface area contributed by atoms with Gasteiger partial charge >= 0.3 is 0 Å². The molecule has 0 radical (unpaired) electrons. The Morgan fingerprint density at radius 1 is 1.13 bits per heavy atom. The molecule has 7 nitrogen and oxygen atoms in total. The Balaban J connectivity index is 1.23. The molecule has 31 heavy (non-hydrogen) atoms. The van der Waals surface area contributed by atoms with Gasteiger partial charge in [0.25, 0.3) is 11.8 Å². The predicted molar refractivity (Wildman–Crippen MR) is 117 cm³/mol. The molecule has 0 saturated carbocycles. The van der Waals surface area contributed by atoms with Crippen LogP contribution in [0.5, 0.6) is 0 Å². The summed E-state index contributed by atoms with van der Waals surface area (Å²) in [5.41, 5.74) is 3.60. The minimum Gasteiger partial charge on any atom is -0.333 e. The molecule has 1 unspecified atom stereocenters. The van der Waals surface area contributed by atoms with E-state index in [0.29, 0.717) is 24.8 Å². The maximum absolute atomic E-state index is 12.8. The number of likely N-dealkylation sites (N-methyl/N-ethyl adjacent to an activating group) is 1. The molecule has 1 amide bonds. The zero-order valence-corrected chi connectivity index (χ0v) is 18.3. The molecule has 2 aromatic carbocycles. The summed E-state index contributed by atoms with van der Waals surface area (Å²) in [6, 6.07) is 18.5. The van der Waals surface area contributed by atoms with Gasteiger partial charge in [0.15, 0.2) is 13.1 Å². The second-order valence-electron chi connectivity index (χ2n) is 8.49. The zero-order chi connectivity index (χ0) is 21.6. The van der Waals surface area contributed by atoms with Crippen molar-refractivity contribution in [3.05, 3.63) is 71.6 Å². The van der Waals surface area contributed by atoms with Gasteiger partial charge in [0.1, 0.15) is 6.54 Å². The Kier molecular flexibility index (Phi) is 6.74. The van der Waals surface area contributed by atoms with Crippen LogP contribution >= 0.6 is 0 Å². The summed E-state index contributed by atoms with van der Waals surface area (Å²) in [6.07, 6.45) is 0. The van der Waals surface area contributed by atoms with Crippen molar-refractivity contribution in [1.82, 2.24) is 15.0 Å². The van der Waals surface area contributed by atoms with Crippen molar-refractivity contribution < 1.29 is 19.1 Å². The van der Waals surface area contributed by atoms with E-state index in [9.17, 15) is 4.79 Å². The molecule has 1 fully saturated rings. The molecule has 2 N–H and O–H groups in total. The minimum atomic E-state index is 0.190. The van der Waals surface area contributed by atoms with E-state index >= 15 is 0 Å². The van der Waals surface area contributed by atoms with Crippen LogP contribution in [0.2, 0.25) is 0 Å². The first-order valence-corrected chi connectivity index (χ1v) is 10.9. The summed E-state index contributed by atoms with van der Waals surface area (Å²) in [6.45, 7) is 7.71. The van der Waals surface area contributed by atoms with Gasteiger partial charge in [-0.15, -0.1) is 0 Å². The van der Waals surface area contributed by atoms with Crippen molar-refractivity contribution in [2.75, 3.05) is 39.8 Å². The van der Waals surface area contributed by atoms with Crippen molar-refractivity contribution in [1.29, 1.82) is 0 Å². The number of aromatic nitrogens is 2. The number of carbonyl (C=O) groups is 1. The highest BCUT2D eigenvalue weighted by atomic mass is 16.5. The van der Waals surface area contributed by atoms with Crippen molar-refractivity contribution in [3.63, 3.8) is 0 Å². The van der Waals surface area contributed by atoms with Gasteiger partial charge in [0.2, 0.25) is 5.82 Å². The summed E-state index contributed by atoms with van der Waals surface area (Å²) < 4.78 is 5.39. The maximum atomic E-state index is 12.8. The first-order valence-electron chi connectivity index (χ1n) is 10.9. The molecule has 1 saturated heterocycles. The Hall–Kier alpha value is -3.03. The molecular formula is C24H31N5O2+2. The number of aryl methyl sites for hydroxylation is 1. The Labute approximate surface area is 183 Å². The number of benzene rings is 2. The van der Waals surface area contributed by atoms with Gasteiger partial charge in [-0.25, -0.2) is 0 Å². The van der Waals surface area contributed by atoms with Gasteiger partial charge < -0.3 is 19.2 Å². The van der Waals surface area contributed by atoms with Crippen molar-refractivity contribution in [2.45, 2.75) is 20.0 Å². The van der Waals surface area contributed by atoms with Gasteiger partial charge in [0, 0.05) is 11.1 Å². The van der Waals surface area contributed by atoms with Crippen LogP contribution in [-0.4, -0.2) is 60.7 Å². The Morgan fingerprint density at radius 2 is 1.90 bits per heavy atom. The van der Waals surface area contributed by atoms with Gasteiger partial charge in [-0.1, -0.05) is 65.3 Å². The monoisotopic (exact) mass is 421 g/mol. The normalized spacial score (nSPS) is 15.7. The van der Waals surface area contributed by atoms with Crippen LogP contribution in [0.25, 0.3) is 11.4 Å². The molecule has 1 aliphatic heterocycles. The Bertz CT molecular complexity index is 996. The minimum absolute atomic E-state index is 0.190. The van der Waals surface area contributed by atoms with E-state index in [0.717, 1.165) is 43.2 Å². The van der Waals surface area contributed by atoms with Crippen LogP contribution < -0.4 is 9.80 Å². The number of piperazine rings is 1. The molecule has 1 atom stereocenters. The third-order valence-electron chi connectivity index (χ3n) is 5.77. The molecular weight excluding hydrogens is 390 g/mol. The van der Waals surface area contributed by atoms with Gasteiger partial charge in [-0.2, -0.15) is 4.98 Å². The fourth-order valence-electron chi connectivity index (χ4n) is 4.08. The van der Waals surface area contributed by atoms with Crippen LogP contribution in [0.15, 0.2) is 59.1 Å². The first-order chi connectivity index (χ1) is 15.1. The standard InChI is InChI=1S/C24H29N5O2/c1-19-7-6-8-20(15-19)16-28-11-13-29(14-12-28)23(30)18-27(2)17-22-25-24(26-31-22)21-9-4-3-5-10-21/h3-10,15H,11-14,16-18H2,1-2H3/p+2. The molecule has 1 aromatic heterocycles. The lowest BCUT2D eigenvalue weighted by molar-refractivity contribution is -0.918. The lowest BCUT2D eigenvalue weighted by Crippen LogP contribution is -3.14. The summed E-state index contributed by atoms with van der Waals surface area (Å²) in [5.74, 6) is 1.33. The van der Waals surface area contributed by atoms with Gasteiger partial charge in [-0.05, 0) is 6.92 Å². The van der Waals surface area contributed by atoms with Gasteiger partial charge in [0.05, 0.1) is 33.2 Å². The largest absolute Gasteiger partial charge is 0.333 e. The second-order valence-corrected chi connectivity index (χ2v) is 8.49. The number of carbonyl (C=O) groups excluding carboxylic acids is 1. The zero-order valence-electron chi connectivity index (χ0n) is 18.3. The maximum Gasteiger partial charge on any atom is 0.282 e. The van der Waals surface area contributed by atoms with Gasteiger partial charge in [-0.3, -0.25) is 4.79 Å². The van der Waals surface area contributed by atoms with Crippen LogP contribution in [0.3, 0.4) is 0 Å². The highest BCUT2D eigenvalue weighted by Gasteiger charge is 2.26. The molecule has 162 valence electrons. The number of hydrogen-bond donors (Lipinski definition) is 2. The highest BCUT2D eigenvalue weighted by molar-refractivity contribution is 5.77. The summed E-state index contributed by atoms with van der Waals surface area (Å²) in [4.78, 5) is 21.8. The van der Waals surface area contributed by atoms with E-state index in [2.05, 4.69) is 41.3 Å². The van der Waals surface area contributed by atoms with E-state index < -0.39 is 0 Å². The fraction of sp³-hybridized carbons (Fsp3) is 0.375. The second kappa shape index (κ2) is 9.85. The molecule has 1 aliphatic rings. The molecule has 7 heteroatoms. The lowest BCUT2D eigenvalue weighted by Gasteiger charge is -2.32. The smallest absolute Gasteiger partial charge is 0.282 e. The van der Waals surface area contributed by atoms with Crippen molar-refractivity contribution >= 4 is 5.91 Å². The third-order valence-corrected chi connectivity index (χ3v) is 5.77.